The Bertz CT molecular complexity index is 586. The van der Waals surface area contributed by atoms with Gasteiger partial charge in [-0.25, -0.2) is 4.79 Å². The zero-order valence-corrected chi connectivity index (χ0v) is 13.7. The van der Waals surface area contributed by atoms with Crippen molar-refractivity contribution in [3.05, 3.63) is 29.8 Å². The number of anilines is 1. The molecular formula is C17H22N2O5. The number of rotatable bonds is 3. The lowest BCUT2D eigenvalue weighted by molar-refractivity contribution is -0.181. The average Bonchev–Trinajstić information content (AvgIpc) is 3.04. The van der Waals surface area contributed by atoms with E-state index in [-0.39, 0.29) is 5.91 Å². The highest BCUT2D eigenvalue weighted by molar-refractivity contribution is 5.95. The van der Waals surface area contributed by atoms with Gasteiger partial charge >= 0.3 is 6.09 Å². The minimum absolute atomic E-state index is 0.0227. The summed E-state index contributed by atoms with van der Waals surface area (Å²) in [6, 6.07) is 6.80. The van der Waals surface area contributed by atoms with Gasteiger partial charge in [0.15, 0.2) is 5.79 Å². The molecule has 1 aromatic rings. The van der Waals surface area contributed by atoms with Crippen LogP contribution in [0.25, 0.3) is 0 Å². The van der Waals surface area contributed by atoms with E-state index in [2.05, 4.69) is 5.32 Å². The number of likely N-dealkylation sites (tertiary alicyclic amines) is 1. The zero-order valence-electron chi connectivity index (χ0n) is 13.7. The van der Waals surface area contributed by atoms with Gasteiger partial charge in [-0.2, -0.15) is 0 Å². The molecule has 0 aromatic heterocycles. The molecule has 7 heteroatoms. The van der Waals surface area contributed by atoms with Gasteiger partial charge in [0.2, 0.25) is 0 Å². The van der Waals surface area contributed by atoms with Crippen molar-refractivity contribution in [1.82, 2.24) is 4.90 Å². The van der Waals surface area contributed by atoms with E-state index in [0.717, 1.165) is 0 Å². The Morgan fingerprint density at radius 2 is 1.79 bits per heavy atom. The quantitative estimate of drug-likeness (QED) is 0.917. The first-order chi connectivity index (χ1) is 11.6. The van der Waals surface area contributed by atoms with Gasteiger partial charge in [0.05, 0.1) is 19.8 Å². The first-order valence-electron chi connectivity index (χ1n) is 8.23. The number of hydrogen-bond acceptors (Lipinski definition) is 5. The van der Waals surface area contributed by atoms with Crippen molar-refractivity contribution >= 4 is 17.7 Å². The Balaban J connectivity index is 1.56. The summed E-state index contributed by atoms with van der Waals surface area (Å²) < 4.78 is 16.2. The summed E-state index contributed by atoms with van der Waals surface area (Å²) in [5.74, 6) is -0.505. The molecule has 2 amide bonds. The molecule has 0 atom stereocenters. The summed E-state index contributed by atoms with van der Waals surface area (Å²) in [5.41, 5.74) is 1.18. The fourth-order valence-electron chi connectivity index (χ4n) is 3.00. The second-order valence-electron chi connectivity index (χ2n) is 5.82. The van der Waals surface area contributed by atoms with Crippen molar-refractivity contribution in [2.45, 2.75) is 25.6 Å². The Labute approximate surface area is 140 Å². The number of amides is 2. The third-order valence-electron chi connectivity index (χ3n) is 4.28. The predicted octanol–water partition coefficient (Wildman–Crippen LogP) is 2.23. The molecular weight excluding hydrogens is 312 g/mol. The number of piperidine rings is 1. The van der Waals surface area contributed by atoms with Crippen LogP contribution in [-0.4, -0.2) is 55.6 Å². The van der Waals surface area contributed by atoms with Crippen LogP contribution >= 0.6 is 0 Å². The van der Waals surface area contributed by atoms with E-state index >= 15 is 0 Å². The first kappa shape index (κ1) is 16.7. The van der Waals surface area contributed by atoms with Crippen LogP contribution in [0.4, 0.5) is 10.5 Å². The topological polar surface area (TPSA) is 77.1 Å². The average molecular weight is 334 g/mol. The molecule has 0 aliphatic carbocycles. The van der Waals surface area contributed by atoms with Crippen LogP contribution in [-0.2, 0) is 14.2 Å². The summed E-state index contributed by atoms with van der Waals surface area (Å²) in [6.45, 7) is 4.53. The lowest BCUT2D eigenvalue weighted by Crippen LogP contribution is -2.47. The number of nitrogens with zero attached hydrogens (tertiary/aromatic N) is 1. The molecule has 2 fully saturated rings. The summed E-state index contributed by atoms with van der Waals surface area (Å²) in [7, 11) is 0. The Morgan fingerprint density at radius 3 is 2.38 bits per heavy atom. The van der Waals surface area contributed by atoms with Gasteiger partial charge < -0.3 is 19.1 Å². The molecule has 1 spiro atoms. The van der Waals surface area contributed by atoms with Gasteiger partial charge in [-0.15, -0.1) is 0 Å². The minimum atomic E-state index is -0.505. The third kappa shape index (κ3) is 3.68. The second kappa shape index (κ2) is 7.19. The van der Waals surface area contributed by atoms with Crippen molar-refractivity contribution in [3.8, 4) is 0 Å². The van der Waals surface area contributed by atoms with Gasteiger partial charge in [-0.1, -0.05) is 0 Å². The number of nitrogens with one attached hydrogen (secondary N) is 1. The lowest BCUT2D eigenvalue weighted by Gasteiger charge is -2.37. The van der Waals surface area contributed by atoms with E-state index in [9.17, 15) is 9.59 Å². The maximum atomic E-state index is 12.6. The predicted molar refractivity (Wildman–Crippen MR) is 86.9 cm³/mol. The number of benzene rings is 1. The zero-order chi connectivity index (χ0) is 17.0. The van der Waals surface area contributed by atoms with E-state index in [4.69, 9.17) is 14.2 Å². The molecule has 2 aliphatic rings. The molecule has 3 rings (SSSR count). The van der Waals surface area contributed by atoms with Crippen LogP contribution in [0.3, 0.4) is 0 Å². The van der Waals surface area contributed by atoms with E-state index < -0.39 is 11.9 Å². The van der Waals surface area contributed by atoms with Crippen LogP contribution in [0.1, 0.15) is 30.1 Å². The van der Waals surface area contributed by atoms with E-state index in [0.29, 0.717) is 57.0 Å². The maximum absolute atomic E-state index is 12.6. The van der Waals surface area contributed by atoms with Crippen LogP contribution in [0, 0.1) is 0 Å². The third-order valence-corrected chi connectivity index (χ3v) is 4.28. The Kier molecular flexibility index (Phi) is 5.01. The molecule has 0 radical (unpaired) electrons. The Morgan fingerprint density at radius 1 is 1.17 bits per heavy atom. The number of carbonyl (C=O) groups excluding carboxylic acids is 2. The van der Waals surface area contributed by atoms with E-state index in [1.165, 1.54) is 0 Å². The van der Waals surface area contributed by atoms with Crippen LogP contribution < -0.4 is 5.32 Å². The molecule has 24 heavy (non-hydrogen) atoms. The maximum Gasteiger partial charge on any atom is 0.411 e. The minimum Gasteiger partial charge on any atom is -0.450 e. The molecule has 130 valence electrons. The SMILES string of the molecule is CCOC(=O)Nc1ccc(C(=O)N2CCC3(CC2)OCCO3)cc1. The number of carbonyl (C=O) groups is 2. The Hall–Kier alpha value is -2.12. The van der Waals surface area contributed by atoms with Gasteiger partial charge in [-0.3, -0.25) is 10.1 Å². The molecule has 1 aromatic carbocycles. The molecule has 0 bridgehead atoms. The summed E-state index contributed by atoms with van der Waals surface area (Å²) in [5, 5.41) is 2.60. The van der Waals surface area contributed by atoms with Gasteiger partial charge in [0.25, 0.3) is 5.91 Å². The molecule has 0 unspecified atom stereocenters. The van der Waals surface area contributed by atoms with Crippen LogP contribution in [0.2, 0.25) is 0 Å². The van der Waals surface area contributed by atoms with Crippen molar-refractivity contribution in [3.63, 3.8) is 0 Å². The fraction of sp³-hybridized carbons (Fsp3) is 0.529. The highest BCUT2D eigenvalue weighted by Crippen LogP contribution is 2.31. The highest BCUT2D eigenvalue weighted by atomic mass is 16.7. The monoisotopic (exact) mass is 334 g/mol. The second-order valence-corrected chi connectivity index (χ2v) is 5.82. The molecule has 2 heterocycles. The molecule has 7 nitrogen and oxygen atoms in total. The summed E-state index contributed by atoms with van der Waals surface area (Å²) >= 11 is 0. The fourth-order valence-corrected chi connectivity index (χ4v) is 3.00. The van der Waals surface area contributed by atoms with Gasteiger partial charge in [0, 0.05) is 37.2 Å². The van der Waals surface area contributed by atoms with Crippen LogP contribution in [0.5, 0.6) is 0 Å². The van der Waals surface area contributed by atoms with E-state index in [1.54, 1.807) is 31.2 Å². The standard InChI is InChI=1S/C17H22N2O5/c1-2-22-16(21)18-14-5-3-13(4-6-14)15(20)19-9-7-17(8-10-19)23-11-12-24-17/h3-6H,2,7-12H2,1H3,(H,18,21). The van der Waals surface area contributed by atoms with E-state index in [1.807, 2.05) is 4.90 Å². The smallest absolute Gasteiger partial charge is 0.411 e. The summed E-state index contributed by atoms with van der Waals surface area (Å²) in [6.07, 6.45) is 0.886. The molecule has 2 saturated heterocycles. The first-order valence-corrected chi connectivity index (χ1v) is 8.23. The number of ether oxygens (including phenoxy) is 3. The highest BCUT2D eigenvalue weighted by Gasteiger charge is 2.40. The van der Waals surface area contributed by atoms with Crippen molar-refractivity contribution in [1.29, 1.82) is 0 Å². The molecule has 0 saturated carbocycles. The van der Waals surface area contributed by atoms with Gasteiger partial charge in [-0.05, 0) is 31.2 Å². The molecule has 1 N–H and O–H groups in total. The summed E-state index contributed by atoms with van der Waals surface area (Å²) in [4.78, 5) is 25.8. The van der Waals surface area contributed by atoms with Crippen molar-refractivity contribution in [2.24, 2.45) is 0 Å². The number of hydrogen-bond donors (Lipinski definition) is 1. The van der Waals surface area contributed by atoms with Gasteiger partial charge in [0.1, 0.15) is 0 Å². The van der Waals surface area contributed by atoms with Crippen molar-refractivity contribution < 1.29 is 23.8 Å². The van der Waals surface area contributed by atoms with Crippen LogP contribution in [0.15, 0.2) is 24.3 Å². The lowest BCUT2D eigenvalue weighted by atomic mass is 10.0. The largest absolute Gasteiger partial charge is 0.450 e. The molecule has 2 aliphatic heterocycles. The normalized spacial score (nSPS) is 19.3. The van der Waals surface area contributed by atoms with Crippen molar-refractivity contribution in [2.75, 3.05) is 38.2 Å².